The molecule has 7 rings (SSSR count). The van der Waals surface area contributed by atoms with Crippen LogP contribution >= 0.6 is 0 Å². The Balaban J connectivity index is 0.890. The molecule has 2 aliphatic heterocycles. The standard InChI is InChI=1S/C48H55NO10/c1-32-22-37(6-10-44(32)54-20-18-50-14-16-52-28-42-30-56-42)39-8-12-46(34(3)24-39)58-41-26-36(5)49-48(27-41)59-47-13-9-40(25-35(47)4)38-7-11-45(33(2)23-38)55-21-19-51-15-17-53-29-43-31-57-43/h6-13,22-27,42-43H,14-21,28-31H2,1-5H3. The Hall–Kier alpha value is -5.01. The normalized spacial score (nSPS) is 15.5. The number of hydrogen-bond donors (Lipinski definition) is 0. The summed E-state index contributed by atoms with van der Waals surface area (Å²) < 4.78 is 57.2. The molecule has 2 unspecified atom stereocenters. The first-order valence-corrected chi connectivity index (χ1v) is 20.3. The zero-order valence-corrected chi connectivity index (χ0v) is 34.8. The van der Waals surface area contributed by atoms with Crippen molar-refractivity contribution in [3.05, 3.63) is 113 Å². The first-order valence-electron chi connectivity index (χ1n) is 20.3. The molecular weight excluding hydrogens is 751 g/mol. The maximum Gasteiger partial charge on any atom is 0.223 e. The van der Waals surface area contributed by atoms with Gasteiger partial charge in [0, 0.05) is 17.8 Å². The highest BCUT2D eigenvalue weighted by atomic mass is 16.6. The number of aromatic nitrogens is 1. The Morgan fingerprint density at radius 1 is 0.458 bits per heavy atom. The summed E-state index contributed by atoms with van der Waals surface area (Å²) in [5.41, 5.74) is 9.28. The number of rotatable bonds is 24. The number of ether oxygens (including phenoxy) is 10. The number of pyridine rings is 1. The molecule has 0 N–H and O–H groups in total. The third-order valence-corrected chi connectivity index (χ3v) is 9.84. The molecular formula is C48H55NO10. The molecule has 11 nitrogen and oxygen atoms in total. The largest absolute Gasteiger partial charge is 0.491 e. The van der Waals surface area contributed by atoms with E-state index in [1.165, 1.54) is 0 Å². The zero-order chi connectivity index (χ0) is 41.0. The lowest BCUT2D eigenvalue weighted by atomic mass is 10.0. The number of benzene rings is 4. The second-order valence-electron chi connectivity index (χ2n) is 14.9. The van der Waals surface area contributed by atoms with Crippen LogP contribution in [-0.2, 0) is 28.4 Å². The molecule has 5 aromatic rings. The molecule has 2 fully saturated rings. The molecule has 312 valence electrons. The lowest BCUT2D eigenvalue weighted by molar-refractivity contribution is 0.0316. The van der Waals surface area contributed by atoms with Gasteiger partial charge in [-0.25, -0.2) is 4.98 Å². The second-order valence-corrected chi connectivity index (χ2v) is 14.9. The van der Waals surface area contributed by atoms with E-state index in [4.69, 9.17) is 47.4 Å². The van der Waals surface area contributed by atoms with Crippen LogP contribution in [0.15, 0.2) is 84.9 Å². The fraction of sp³-hybridized carbons (Fsp3) is 0.396. The van der Waals surface area contributed by atoms with Crippen molar-refractivity contribution >= 4 is 0 Å². The molecule has 0 amide bonds. The number of nitrogens with zero attached hydrogens (tertiary/aromatic N) is 1. The Morgan fingerprint density at radius 2 is 0.847 bits per heavy atom. The van der Waals surface area contributed by atoms with E-state index in [2.05, 4.69) is 67.4 Å². The van der Waals surface area contributed by atoms with Gasteiger partial charge in [-0.1, -0.05) is 24.3 Å². The molecule has 4 aromatic carbocycles. The second kappa shape index (κ2) is 20.8. The van der Waals surface area contributed by atoms with Crippen molar-refractivity contribution in [3.8, 4) is 56.9 Å². The van der Waals surface area contributed by atoms with Crippen molar-refractivity contribution in [1.29, 1.82) is 0 Å². The van der Waals surface area contributed by atoms with Crippen LogP contribution in [0.25, 0.3) is 22.3 Å². The summed E-state index contributed by atoms with van der Waals surface area (Å²) in [6, 6.07) is 28.6. The van der Waals surface area contributed by atoms with Gasteiger partial charge in [0.25, 0.3) is 0 Å². The molecule has 0 bridgehead atoms. The lowest BCUT2D eigenvalue weighted by Crippen LogP contribution is -2.12. The SMILES string of the molecule is Cc1cc(Oc2ccc(-c3ccc(OCCOCCOCC4CO4)c(C)c3)cc2C)cc(Oc2ccc(-c3ccc(OCCOCCOCC4CO4)c(C)c3)cc2C)n1. The van der Waals surface area contributed by atoms with Crippen LogP contribution in [0.5, 0.6) is 34.6 Å². The predicted molar refractivity (Wildman–Crippen MR) is 226 cm³/mol. The van der Waals surface area contributed by atoms with Crippen LogP contribution in [0.2, 0.25) is 0 Å². The number of aryl methyl sites for hydroxylation is 5. The Morgan fingerprint density at radius 3 is 1.27 bits per heavy atom. The van der Waals surface area contributed by atoms with Crippen molar-refractivity contribution in [1.82, 2.24) is 4.98 Å². The molecule has 2 aliphatic rings. The van der Waals surface area contributed by atoms with Crippen LogP contribution in [0, 0.1) is 34.6 Å². The van der Waals surface area contributed by atoms with Crippen molar-refractivity contribution in [2.24, 2.45) is 0 Å². The Labute approximate surface area is 347 Å². The van der Waals surface area contributed by atoms with Crippen LogP contribution in [0.4, 0.5) is 0 Å². The molecule has 0 spiro atoms. The van der Waals surface area contributed by atoms with Crippen LogP contribution < -0.4 is 18.9 Å². The smallest absolute Gasteiger partial charge is 0.223 e. The van der Waals surface area contributed by atoms with Crippen molar-refractivity contribution in [2.45, 2.75) is 46.8 Å². The minimum atomic E-state index is 0.275. The van der Waals surface area contributed by atoms with E-state index in [9.17, 15) is 0 Å². The minimum absolute atomic E-state index is 0.275. The minimum Gasteiger partial charge on any atom is -0.491 e. The lowest BCUT2D eigenvalue weighted by Gasteiger charge is -2.15. The van der Waals surface area contributed by atoms with Gasteiger partial charge < -0.3 is 47.4 Å². The van der Waals surface area contributed by atoms with Crippen molar-refractivity contribution in [2.75, 3.05) is 79.3 Å². The predicted octanol–water partition coefficient (Wildman–Crippen LogP) is 9.16. The summed E-state index contributed by atoms with van der Waals surface area (Å²) in [5, 5.41) is 0. The fourth-order valence-corrected chi connectivity index (χ4v) is 6.45. The van der Waals surface area contributed by atoms with E-state index >= 15 is 0 Å². The molecule has 59 heavy (non-hydrogen) atoms. The first-order chi connectivity index (χ1) is 28.8. The topological polar surface area (TPSA) is 112 Å². The highest BCUT2D eigenvalue weighted by molar-refractivity contribution is 5.69. The van der Waals surface area contributed by atoms with Gasteiger partial charge in [-0.3, -0.25) is 0 Å². The summed E-state index contributed by atoms with van der Waals surface area (Å²) >= 11 is 0. The summed E-state index contributed by atoms with van der Waals surface area (Å²) in [7, 11) is 0. The Kier molecular flexibility index (Phi) is 14.8. The molecule has 0 aliphatic carbocycles. The maximum atomic E-state index is 6.40. The maximum absolute atomic E-state index is 6.40. The van der Waals surface area contributed by atoms with Crippen molar-refractivity contribution < 1.29 is 47.4 Å². The fourth-order valence-electron chi connectivity index (χ4n) is 6.45. The van der Waals surface area contributed by atoms with Gasteiger partial charge in [-0.05, 0) is 128 Å². The van der Waals surface area contributed by atoms with E-state index < -0.39 is 0 Å². The van der Waals surface area contributed by atoms with Gasteiger partial charge in [0.15, 0.2) is 0 Å². The monoisotopic (exact) mass is 805 g/mol. The van der Waals surface area contributed by atoms with Crippen LogP contribution in [-0.4, -0.2) is 96.5 Å². The van der Waals surface area contributed by atoms with Gasteiger partial charge >= 0.3 is 0 Å². The third-order valence-electron chi connectivity index (χ3n) is 9.84. The summed E-state index contributed by atoms with van der Waals surface area (Å²) in [4.78, 5) is 4.65. The summed E-state index contributed by atoms with van der Waals surface area (Å²) in [5.74, 6) is 4.28. The first kappa shape index (κ1) is 42.1. The summed E-state index contributed by atoms with van der Waals surface area (Å²) in [6.07, 6.45) is 0.550. The highest BCUT2D eigenvalue weighted by Crippen LogP contribution is 2.35. The van der Waals surface area contributed by atoms with Gasteiger partial charge in [0.05, 0.1) is 66.1 Å². The van der Waals surface area contributed by atoms with Gasteiger partial charge in [-0.2, -0.15) is 0 Å². The van der Waals surface area contributed by atoms with E-state index in [0.717, 1.165) is 86.4 Å². The molecule has 2 atom stereocenters. The molecule has 2 saturated heterocycles. The molecule has 1 aromatic heterocycles. The summed E-state index contributed by atoms with van der Waals surface area (Å²) in [6.45, 7) is 17.2. The number of hydrogen-bond acceptors (Lipinski definition) is 11. The zero-order valence-electron chi connectivity index (χ0n) is 34.8. The van der Waals surface area contributed by atoms with Crippen molar-refractivity contribution in [3.63, 3.8) is 0 Å². The quantitative estimate of drug-likeness (QED) is 0.0440. The van der Waals surface area contributed by atoms with E-state index in [0.29, 0.717) is 77.7 Å². The Bertz CT molecular complexity index is 2000. The average molecular weight is 806 g/mol. The molecule has 3 heterocycles. The van der Waals surface area contributed by atoms with E-state index in [1.54, 1.807) is 0 Å². The van der Waals surface area contributed by atoms with E-state index in [-0.39, 0.29) is 12.2 Å². The van der Waals surface area contributed by atoms with Gasteiger partial charge in [-0.15, -0.1) is 0 Å². The average Bonchev–Trinajstić information content (AvgIpc) is 4.16. The van der Waals surface area contributed by atoms with Gasteiger partial charge in [0.2, 0.25) is 5.88 Å². The molecule has 0 radical (unpaired) electrons. The van der Waals surface area contributed by atoms with Crippen LogP contribution in [0.1, 0.15) is 27.9 Å². The highest BCUT2D eigenvalue weighted by Gasteiger charge is 2.22. The number of epoxide rings is 2. The molecule has 11 heteroatoms. The third kappa shape index (κ3) is 13.0. The molecule has 0 saturated carbocycles. The van der Waals surface area contributed by atoms with Crippen LogP contribution in [0.3, 0.4) is 0 Å². The van der Waals surface area contributed by atoms with E-state index in [1.807, 2.05) is 57.2 Å². The van der Waals surface area contributed by atoms with Gasteiger partial charge in [0.1, 0.15) is 54.2 Å².